The molecule has 0 N–H and O–H groups in total. The molecule has 0 aromatic heterocycles. The molecule has 0 heterocycles. The zero-order chi connectivity index (χ0) is 21.4. The van der Waals surface area contributed by atoms with E-state index in [1.807, 2.05) is 24.3 Å². The summed E-state index contributed by atoms with van der Waals surface area (Å²) in [7, 11) is 0. The molecule has 0 aromatic carbocycles. The van der Waals surface area contributed by atoms with Gasteiger partial charge in [-0.25, -0.2) is 4.79 Å². The summed E-state index contributed by atoms with van der Waals surface area (Å²) in [5, 5.41) is 8.56. The van der Waals surface area contributed by atoms with Crippen LogP contribution in [0.25, 0.3) is 0 Å². The first-order chi connectivity index (χ1) is 14.2. The largest absolute Gasteiger partial charge is 0.691 e. The fourth-order valence-electron chi connectivity index (χ4n) is 6.09. The van der Waals surface area contributed by atoms with Crippen LogP contribution >= 0.6 is 12.0 Å². The second-order valence-corrected chi connectivity index (χ2v) is 9.85. The Labute approximate surface area is 176 Å². The fraction of sp³-hybridized carbons (Fsp3) is 0.700. The van der Waals surface area contributed by atoms with Gasteiger partial charge in [0, 0.05) is 5.41 Å². The molecule has 10 heteroatoms. The van der Waals surface area contributed by atoms with Gasteiger partial charge in [0.05, 0.1) is 12.5 Å². The number of ether oxygens (including phenoxy) is 2. The lowest BCUT2D eigenvalue weighted by molar-refractivity contribution is -0.777. The predicted octanol–water partition coefficient (Wildman–Crippen LogP) is 3.01. The lowest BCUT2D eigenvalue weighted by atomic mass is 9.48. The average molecular weight is 445 g/mol. The van der Waals surface area contributed by atoms with Gasteiger partial charge in [-0.15, -0.1) is 0 Å². The maximum atomic E-state index is 13.7. The van der Waals surface area contributed by atoms with Crippen LogP contribution in [0.2, 0.25) is 0 Å². The minimum atomic E-state index is -4.06. The summed E-state index contributed by atoms with van der Waals surface area (Å²) in [6.45, 7) is -0.182. The maximum absolute atomic E-state index is 13.7. The third-order valence-corrected chi connectivity index (χ3v) is 7.14. The summed E-state index contributed by atoms with van der Waals surface area (Å²) in [4.78, 5) is 24.5. The van der Waals surface area contributed by atoms with E-state index in [0.29, 0.717) is 24.7 Å². The molecule has 4 saturated carbocycles. The molecule has 5 rings (SSSR count). The van der Waals surface area contributed by atoms with E-state index < -0.39 is 34.3 Å². The van der Waals surface area contributed by atoms with Crippen molar-refractivity contribution in [3.05, 3.63) is 24.3 Å². The van der Waals surface area contributed by atoms with Crippen LogP contribution in [-0.2, 0) is 28.4 Å². The molecule has 0 saturated heterocycles. The Kier molecular flexibility index (Phi) is 5.95. The van der Waals surface area contributed by atoms with Gasteiger partial charge in [-0.2, -0.15) is 13.1 Å². The Morgan fingerprint density at radius 2 is 1.90 bits per heavy atom. The quantitative estimate of drug-likeness (QED) is 0.244. The smallest absolute Gasteiger partial charge is 0.415 e. The van der Waals surface area contributed by atoms with Crippen LogP contribution in [0.15, 0.2) is 24.3 Å². The van der Waals surface area contributed by atoms with Gasteiger partial charge in [0.2, 0.25) is 0 Å². The maximum Gasteiger partial charge on any atom is 0.415 e. The second-order valence-electron chi connectivity index (χ2n) is 9.03. The Morgan fingerprint density at radius 1 is 1.17 bits per heavy atom. The van der Waals surface area contributed by atoms with Crippen molar-refractivity contribution in [1.82, 2.24) is 0 Å². The van der Waals surface area contributed by atoms with Gasteiger partial charge < -0.3 is 14.7 Å². The minimum Gasteiger partial charge on any atom is -0.691 e. The van der Waals surface area contributed by atoms with E-state index >= 15 is 0 Å². The lowest BCUT2D eigenvalue weighted by Gasteiger charge is -2.61. The SMILES string of the molecule is O=C(OC12CC3CC(CC(COC(=O)C(F)(F)SOO[O-])(C3)C1)C2)C1C=CC=CC1. The molecule has 5 aliphatic carbocycles. The number of rotatable bonds is 8. The van der Waals surface area contributed by atoms with Crippen molar-refractivity contribution in [1.29, 1.82) is 0 Å². The number of carbonyl (C=O) groups is 2. The summed E-state index contributed by atoms with van der Waals surface area (Å²) < 4.78 is 41.9. The zero-order valence-corrected chi connectivity index (χ0v) is 17.0. The lowest BCUT2D eigenvalue weighted by Crippen LogP contribution is -2.59. The Balaban J connectivity index is 1.42. The number of halogens is 2. The van der Waals surface area contributed by atoms with Gasteiger partial charge >= 0.3 is 17.2 Å². The van der Waals surface area contributed by atoms with Crippen LogP contribution in [0.3, 0.4) is 0 Å². The molecule has 0 aliphatic heterocycles. The van der Waals surface area contributed by atoms with Crippen LogP contribution in [-0.4, -0.2) is 29.4 Å². The molecule has 0 radical (unpaired) electrons. The molecule has 0 spiro atoms. The summed E-state index contributed by atoms with van der Waals surface area (Å²) in [6.07, 6.45) is 12.6. The molecule has 7 nitrogen and oxygen atoms in total. The highest BCUT2D eigenvalue weighted by molar-refractivity contribution is 7.96. The highest BCUT2D eigenvalue weighted by Gasteiger charge is 2.60. The molecule has 30 heavy (non-hydrogen) atoms. The first kappa shape index (κ1) is 21.7. The number of carbonyl (C=O) groups excluding carboxylic acids is 2. The molecule has 3 atom stereocenters. The molecule has 5 aliphatic rings. The van der Waals surface area contributed by atoms with Gasteiger partial charge in [0.25, 0.3) is 0 Å². The molecule has 4 bridgehead atoms. The van der Waals surface area contributed by atoms with Crippen molar-refractivity contribution in [2.75, 3.05) is 6.61 Å². The van der Waals surface area contributed by atoms with Gasteiger partial charge in [-0.3, -0.25) is 9.83 Å². The van der Waals surface area contributed by atoms with E-state index in [0.717, 1.165) is 32.1 Å². The van der Waals surface area contributed by atoms with E-state index in [2.05, 4.69) is 9.37 Å². The Morgan fingerprint density at radius 3 is 2.53 bits per heavy atom. The van der Waals surface area contributed by atoms with Crippen molar-refractivity contribution in [2.45, 2.75) is 55.8 Å². The van der Waals surface area contributed by atoms with Crippen molar-refractivity contribution in [3.8, 4) is 0 Å². The van der Waals surface area contributed by atoms with Crippen LogP contribution in [0, 0.1) is 23.2 Å². The summed E-state index contributed by atoms with van der Waals surface area (Å²) in [5.74, 6) is -1.73. The number of hydrogen-bond donors (Lipinski definition) is 0. The van der Waals surface area contributed by atoms with Crippen molar-refractivity contribution in [3.63, 3.8) is 0 Å². The third-order valence-electron chi connectivity index (χ3n) is 6.64. The first-order valence-electron chi connectivity index (χ1n) is 10.0. The summed E-state index contributed by atoms with van der Waals surface area (Å²) >= 11 is -0.697. The van der Waals surface area contributed by atoms with Crippen LogP contribution < -0.4 is 5.26 Å². The average Bonchev–Trinajstić information content (AvgIpc) is 2.70. The summed E-state index contributed by atoms with van der Waals surface area (Å²) in [6, 6.07) is 0. The number of allylic oxidation sites excluding steroid dienone is 3. The molecule has 0 amide bonds. The number of esters is 2. The van der Waals surface area contributed by atoms with Gasteiger partial charge in [-0.05, 0) is 56.8 Å². The minimum absolute atomic E-state index is 0.182. The van der Waals surface area contributed by atoms with Gasteiger partial charge in [0.15, 0.2) is 0 Å². The van der Waals surface area contributed by atoms with Crippen molar-refractivity contribution >= 4 is 24.0 Å². The van der Waals surface area contributed by atoms with E-state index in [1.165, 1.54) is 0 Å². The molecule has 4 fully saturated rings. The van der Waals surface area contributed by atoms with Crippen molar-refractivity contribution < 1.29 is 42.5 Å². The zero-order valence-electron chi connectivity index (χ0n) is 16.2. The Hall–Kier alpha value is -1.49. The molecular weight excluding hydrogens is 422 g/mol. The van der Waals surface area contributed by atoms with E-state index in [9.17, 15) is 23.6 Å². The fourth-order valence-corrected chi connectivity index (χ4v) is 6.33. The van der Waals surface area contributed by atoms with Gasteiger partial charge in [-0.1, -0.05) is 24.3 Å². The normalized spacial score (nSPS) is 36.7. The predicted molar refractivity (Wildman–Crippen MR) is 98.0 cm³/mol. The molecule has 166 valence electrons. The topological polar surface area (TPSA) is 94.1 Å². The molecule has 3 unspecified atom stereocenters. The van der Waals surface area contributed by atoms with Crippen LogP contribution in [0.1, 0.15) is 44.9 Å². The van der Waals surface area contributed by atoms with Crippen LogP contribution in [0.5, 0.6) is 0 Å². The summed E-state index contributed by atoms with van der Waals surface area (Å²) in [5.41, 5.74) is -1.11. The molecule has 0 aromatic rings. The van der Waals surface area contributed by atoms with Gasteiger partial charge in [0.1, 0.15) is 17.6 Å². The monoisotopic (exact) mass is 445 g/mol. The van der Waals surface area contributed by atoms with E-state index in [4.69, 9.17) is 9.47 Å². The second kappa shape index (κ2) is 8.22. The highest BCUT2D eigenvalue weighted by atomic mass is 32.2. The highest BCUT2D eigenvalue weighted by Crippen LogP contribution is 2.63. The van der Waals surface area contributed by atoms with E-state index in [1.54, 1.807) is 0 Å². The third kappa shape index (κ3) is 4.42. The molecular formula is C20H23F2O7S-. The number of alkyl halides is 2. The van der Waals surface area contributed by atoms with Crippen LogP contribution in [0.4, 0.5) is 8.78 Å². The van der Waals surface area contributed by atoms with E-state index in [-0.39, 0.29) is 18.5 Å². The first-order valence-corrected chi connectivity index (χ1v) is 10.7. The standard InChI is InChI=1S/C20H24F2O7S/c21-20(22,30-29-28-25)17(24)26-12-18-7-13-6-14(8-18)10-19(9-13,11-18)27-16(23)15-4-2-1-3-5-15/h1-4,13-15,25H,5-12H2/p-1. The number of hydrogen-bond acceptors (Lipinski definition) is 8. The van der Waals surface area contributed by atoms with Crippen molar-refractivity contribution in [2.24, 2.45) is 23.2 Å². The Bertz CT molecular complexity index is 739.